The normalized spacial score (nSPS) is 10.7. The number of amides is 1. The number of carbonyl (C=O) groups excluding carboxylic acids is 1. The summed E-state index contributed by atoms with van der Waals surface area (Å²) in [6.45, 7) is 10.2. The summed E-state index contributed by atoms with van der Waals surface area (Å²) in [4.78, 5) is 16.3. The molecule has 1 aromatic carbocycles. The van der Waals surface area contributed by atoms with Gasteiger partial charge in [0.1, 0.15) is 0 Å². The van der Waals surface area contributed by atoms with Gasteiger partial charge >= 0.3 is 0 Å². The topological polar surface area (TPSA) is 23.6 Å². The SMILES string of the molecule is CCN(CC)CC(=O)N(CC)CCc1ccccc1. The van der Waals surface area contributed by atoms with Crippen molar-refractivity contribution in [1.82, 2.24) is 9.80 Å². The van der Waals surface area contributed by atoms with Crippen LogP contribution in [0.5, 0.6) is 0 Å². The summed E-state index contributed by atoms with van der Waals surface area (Å²) >= 11 is 0. The molecule has 0 saturated heterocycles. The lowest BCUT2D eigenvalue weighted by Crippen LogP contribution is -2.41. The lowest BCUT2D eigenvalue weighted by molar-refractivity contribution is -0.132. The molecule has 106 valence electrons. The molecule has 3 nitrogen and oxygen atoms in total. The van der Waals surface area contributed by atoms with E-state index < -0.39 is 0 Å². The Morgan fingerprint density at radius 3 is 2.16 bits per heavy atom. The molecule has 1 rings (SSSR count). The second kappa shape index (κ2) is 8.70. The highest BCUT2D eigenvalue weighted by molar-refractivity contribution is 5.78. The lowest BCUT2D eigenvalue weighted by atomic mass is 10.1. The molecule has 0 unspecified atom stereocenters. The molecule has 0 N–H and O–H groups in total. The summed E-state index contributed by atoms with van der Waals surface area (Å²) in [7, 11) is 0. The average molecular weight is 262 g/mol. The van der Waals surface area contributed by atoms with Crippen LogP contribution in [0.2, 0.25) is 0 Å². The first-order valence-corrected chi connectivity index (χ1v) is 7.25. The predicted molar refractivity (Wildman–Crippen MR) is 80.2 cm³/mol. The molecular formula is C16H26N2O. The minimum atomic E-state index is 0.238. The Kier molecular flexibility index (Phi) is 7.19. The Morgan fingerprint density at radius 2 is 1.63 bits per heavy atom. The number of nitrogens with zero attached hydrogens (tertiary/aromatic N) is 2. The van der Waals surface area contributed by atoms with Gasteiger partial charge in [-0.2, -0.15) is 0 Å². The Balaban J connectivity index is 2.46. The number of likely N-dealkylation sites (N-methyl/N-ethyl adjacent to an activating group) is 2. The summed E-state index contributed by atoms with van der Waals surface area (Å²) in [5.41, 5.74) is 1.29. The Hall–Kier alpha value is -1.35. The van der Waals surface area contributed by atoms with Gasteiger partial charge in [-0.25, -0.2) is 0 Å². The third-order valence-electron chi connectivity index (χ3n) is 3.50. The van der Waals surface area contributed by atoms with Crippen LogP contribution in [0.3, 0.4) is 0 Å². The fraction of sp³-hybridized carbons (Fsp3) is 0.562. The van der Waals surface area contributed by atoms with Gasteiger partial charge in [0, 0.05) is 13.1 Å². The second-order valence-electron chi connectivity index (χ2n) is 4.67. The summed E-state index contributed by atoms with van der Waals surface area (Å²) in [6, 6.07) is 10.3. The van der Waals surface area contributed by atoms with Gasteiger partial charge in [0.05, 0.1) is 6.54 Å². The molecular weight excluding hydrogens is 236 g/mol. The number of hydrogen-bond donors (Lipinski definition) is 0. The van der Waals surface area contributed by atoms with E-state index in [-0.39, 0.29) is 5.91 Å². The van der Waals surface area contributed by atoms with Gasteiger partial charge in [0.2, 0.25) is 5.91 Å². The van der Waals surface area contributed by atoms with Crippen LogP contribution >= 0.6 is 0 Å². The molecule has 0 heterocycles. The highest BCUT2D eigenvalue weighted by Crippen LogP contribution is 2.02. The van der Waals surface area contributed by atoms with E-state index in [0.29, 0.717) is 6.54 Å². The van der Waals surface area contributed by atoms with Crippen molar-refractivity contribution in [1.29, 1.82) is 0 Å². The van der Waals surface area contributed by atoms with E-state index in [2.05, 4.69) is 30.9 Å². The van der Waals surface area contributed by atoms with Gasteiger partial charge in [-0.3, -0.25) is 9.69 Å². The zero-order valence-electron chi connectivity index (χ0n) is 12.4. The summed E-state index contributed by atoms with van der Waals surface area (Å²) in [5.74, 6) is 0.238. The Labute approximate surface area is 117 Å². The summed E-state index contributed by atoms with van der Waals surface area (Å²) in [5, 5.41) is 0. The van der Waals surface area contributed by atoms with Crippen LogP contribution < -0.4 is 0 Å². The van der Waals surface area contributed by atoms with Crippen molar-refractivity contribution in [2.45, 2.75) is 27.2 Å². The van der Waals surface area contributed by atoms with Crippen LogP contribution in [0.1, 0.15) is 26.3 Å². The maximum absolute atomic E-state index is 12.2. The predicted octanol–water partition coefficient (Wildman–Crippen LogP) is 2.42. The van der Waals surface area contributed by atoms with Crippen molar-refractivity contribution in [2.75, 3.05) is 32.7 Å². The molecule has 1 aromatic rings. The maximum atomic E-state index is 12.2. The first-order chi connectivity index (χ1) is 9.21. The Bertz CT molecular complexity index is 360. The van der Waals surface area contributed by atoms with Crippen molar-refractivity contribution >= 4 is 5.91 Å². The fourth-order valence-electron chi connectivity index (χ4n) is 2.11. The molecule has 0 atom stereocenters. The molecule has 19 heavy (non-hydrogen) atoms. The van der Waals surface area contributed by atoms with Gasteiger partial charge in [-0.15, -0.1) is 0 Å². The van der Waals surface area contributed by atoms with Gasteiger partial charge in [-0.1, -0.05) is 44.2 Å². The van der Waals surface area contributed by atoms with Crippen molar-refractivity contribution in [3.8, 4) is 0 Å². The Morgan fingerprint density at radius 1 is 1.00 bits per heavy atom. The minimum absolute atomic E-state index is 0.238. The highest BCUT2D eigenvalue weighted by atomic mass is 16.2. The highest BCUT2D eigenvalue weighted by Gasteiger charge is 2.14. The standard InChI is InChI=1S/C16H26N2O/c1-4-17(5-2)14-16(19)18(6-3)13-12-15-10-8-7-9-11-15/h7-11H,4-6,12-14H2,1-3H3. The monoisotopic (exact) mass is 262 g/mol. The van der Waals surface area contributed by atoms with Crippen molar-refractivity contribution in [3.63, 3.8) is 0 Å². The quantitative estimate of drug-likeness (QED) is 0.718. The van der Waals surface area contributed by atoms with E-state index in [1.54, 1.807) is 0 Å². The second-order valence-corrected chi connectivity index (χ2v) is 4.67. The van der Waals surface area contributed by atoms with Crippen LogP contribution in [-0.4, -0.2) is 48.4 Å². The van der Waals surface area contributed by atoms with E-state index in [4.69, 9.17) is 0 Å². The van der Waals surface area contributed by atoms with Crippen molar-refractivity contribution < 1.29 is 4.79 Å². The van der Waals surface area contributed by atoms with Crippen LogP contribution in [-0.2, 0) is 11.2 Å². The molecule has 0 fully saturated rings. The zero-order valence-corrected chi connectivity index (χ0v) is 12.4. The van der Waals surface area contributed by atoms with Crippen molar-refractivity contribution in [3.05, 3.63) is 35.9 Å². The summed E-state index contributed by atoms with van der Waals surface area (Å²) in [6.07, 6.45) is 0.929. The van der Waals surface area contributed by atoms with Gasteiger partial charge < -0.3 is 4.90 Å². The van der Waals surface area contributed by atoms with Gasteiger partial charge in [0.25, 0.3) is 0 Å². The third kappa shape index (κ3) is 5.43. The molecule has 0 aliphatic heterocycles. The molecule has 0 spiro atoms. The van der Waals surface area contributed by atoms with Crippen LogP contribution in [0, 0.1) is 0 Å². The van der Waals surface area contributed by atoms with Crippen molar-refractivity contribution in [2.24, 2.45) is 0 Å². The molecule has 0 radical (unpaired) electrons. The zero-order chi connectivity index (χ0) is 14.1. The molecule has 0 aliphatic carbocycles. The molecule has 0 aliphatic rings. The van der Waals surface area contributed by atoms with E-state index in [1.165, 1.54) is 5.56 Å². The lowest BCUT2D eigenvalue weighted by Gasteiger charge is -2.25. The number of rotatable bonds is 8. The average Bonchev–Trinajstić information content (AvgIpc) is 2.46. The first kappa shape index (κ1) is 15.7. The van der Waals surface area contributed by atoms with E-state index >= 15 is 0 Å². The summed E-state index contributed by atoms with van der Waals surface area (Å²) < 4.78 is 0. The fourth-order valence-corrected chi connectivity index (χ4v) is 2.11. The molecule has 0 bridgehead atoms. The molecule has 1 amide bonds. The van der Waals surface area contributed by atoms with Gasteiger partial charge in [0.15, 0.2) is 0 Å². The molecule has 3 heteroatoms. The first-order valence-electron chi connectivity index (χ1n) is 7.25. The maximum Gasteiger partial charge on any atom is 0.236 e. The molecule has 0 aromatic heterocycles. The van der Waals surface area contributed by atoms with E-state index in [9.17, 15) is 4.79 Å². The number of hydrogen-bond acceptors (Lipinski definition) is 2. The third-order valence-corrected chi connectivity index (χ3v) is 3.50. The van der Waals surface area contributed by atoms with E-state index in [0.717, 1.165) is 32.6 Å². The minimum Gasteiger partial charge on any atom is -0.342 e. The van der Waals surface area contributed by atoms with Gasteiger partial charge in [-0.05, 0) is 32.0 Å². The number of benzene rings is 1. The van der Waals surface area contributed by atoms with E-state index in [1.807, 2.05) is 30.0 Å². The van der Waals surface area contributed by atoms with Crippen LogP contribution in [0.4, 0.5) is 0 Å². The van der Waals surface area contributed by atoms with Crippen LogP contribution in [0.25, 0.3) is 0 Å². The largest absolute Gasteiger partial charge is 0.342 e. The molecule has 0 saturated carbocycles. The number of carbonyl (C=O) groups is 1. The smallest absolute Gasteiger partial charge is 0.236 e. The van der Waals surface area contributed by atoms with Crippen LogP contribution in [0.15, 0.2) is 30.3 Å².